The molecule has 52 valence electrons. The maximum atomic E-state index is 10.2. The Balaban J connectivity index is 3.39. The van der Waals surface area contributed by atoms with Crippen molar-refractivity contribution in [1.82, 2.24) is 5.59 Å². The molecule has 0 aliphatic carbocycles. The second-order valence-corrected chi connectivity index (χ2v) is 1.30. The fourth-order valence-electron chi connectivity index (χ4n) is 0.276. The summed E-state index contributed by atoms with van der Waals surface area (Å²) in [6.45, 7) is -0.423. The second-order valence-electron chi connectivity index (χ2n) is 1.30. The van der Waals surface area contributed by atoms with Crippen LogP contribution in [0.15, 0.2) is 0 Å². The number of nitrogens with zero attached hydrogens (tertiary/aromatic N) is 1. The molecule has 6 heteroatoms. The van der Waals surface area contributed by atoms with Gasteiger partial charge in [0.15, 0.2) is 4.87 Å². The van der Waals surface area contributed by atoms with Crippen LogP contribution in [0.2, 0.25) is 0 Å². The summed E-state index contributed by atoms with van der Waals surface area (Å²) in [5.74, 6) is -0.713. The first kappa shape index (κ1) is 7.83. The number of hydrogen-bond acceptors (Lipinski definition) is 3. The van der Waals surface area contributed by atoms with E-state index in [0.29, 0.717) is 0 Å². The van der Waals surface area contributed by atoms with Gasteiger partial charge in [-0.15, -0.1) is 0 Å². The minimum absolute atomic E-state index is 0.183. The lowest BCUT2D eigenvalue weighted by Gasteiger charge is -1.88. The van der Waals surface area contributed by atoms with Crippen LogP contribution >= 0.6 is 0 Å². The first-order valence-electron chi connectivity index (χ1n) is 2.18. The van der Waals surface area contributed by atoms with Gasteiger partial charge >= 0.3 is 6.54 Å². The standard InChI is InChI=1S/C3H7N3O3/c1-9-5-6(8)2-3(4)7/h2H2,1H3,(H2-,4,5,7,8)/p+1. The Bertz CT molecular complexity index is 123. The van der Waals surface area contributed by atoms with Crippen LogP contribution in [0.4, 0.5) is 0 Å². The molecule has 0 saturated heterocycles. The molecule has 0 atom stereocenters. The minimum atomic E-state index is -0.713. The van der Waals surface area contributed by atoms with Crippen molar-refractivity contribution in [2.45, 2.75) is 0 Å². The molecule has 0 fully saturated rings. The highest BCUT2D eigenvalue weighted by Crippen LogP contribution is 1.63. The van der Waals surface area contributed by atoms with Crippen molar-refractivity contribution >= 4 is 5.91 Å². The third kappa shape index (κ3) is 4.69. The second kappa shape index (κ2) is 3.79. The van der Waals surface area contributed by atoms with Crippen molar-refractivity contribution in [2.75, 3.05) is 13.7 Å². The van der Waals surface area contributed by atoms with Gasteiger partial charge in [-0.2, -0.15) is 0 Å². The Morgan fingerprint density at radius 1 is 1.89 bits per heavy atom. The summed E-state index contributed by atoms with van der Waals surface area (Å²) in [6, 6.07) is 0. The first-order valence-corrected chi connectivity index (χ1v) is 2.18. The van der Waals surface area contributed by atoms with E-state index < -0.39 is 12.5 Å². The summed E-state index contributed by atoms with van der Waals surface area (Å²) in [4.78, 5) is 24.5. The summed E-state index contributed by atoms with van der Waals surface area (Å²) in [6.07, 6.45) is 0. The molecule has 0 radical (unpaired) electrons. The Morgan fingerprint density at radius 2 is 2.44 bits per heavy atom. The van der Waals surface area contributed by atoms with E-state index in [-0.39, 0.29) is 4.87 Å². The summed E-state index contributed by atoms with van der Waals surface area (Å²) in [5, 5.41) is 0. The van der Waals surface area contributed by atoms with E-state index in [2.05, 4.69) is 10.6 Å². The zero-order chi connectivity index (χ0) is 7.28. The van der Waals surface area contributed by atoms with E-state index in [4.69, 9.17) is 0 Å². The van der Waals surface area contributed by atoms with Crippen LogP contribution in [-0.4, -0.2) is 24.4 Å². The van der Waals surface area contributed by atoms with Crippen LogP contribution in [0.1, 0.15) is 0 Å². The lowest BCUT2D eigenvalue weighted by atomic mass is 10.6. The third-order valence-electron chi connectivity index (χ3n) is 0.493. The molecular weight excluding hydrogens is 126 g/mol. The van der Waals surface area contributed by atoms with Crippen molar-refractivity contribution in [3.8, 4) is 0 Å². The molecule has 0 aromatic heterocycles. The molecule has 0 aromatic carbocycles. The molecule has 0 heterocycles. The number of carbonyl (C=O) groups is 1. The predicted molar refractivity (Wildman–Crippen MR) is 27.8 cm³/mol. The van der Waals surface area contributed by atoms with Gasteiger partial charge in [0.25, 0.3) is 5.91 Å². The average molecular weight is 134 g/mol. The highest BCUT2D eigenvalue weighted by Gasteiger charge is 2.10. The molecule has 0 aliphatic rings. The number of hydrogen-bond donors (Lipinski definition) is 2. The van der Waals surface area contributed by atoms with Crippen molar-refractivity contribution in [2.24, 2.45) is 5.73 Å². The molecule has 0 unspecified atom stereocenters. The van der Waals surface area contributed by atoms with E-state index in [9.17, 15) is 9.70 Å². The number of amides is 1. The Labute approximate surface area is 51.5 Å². The molecule has 1 amide bonds. The van der Waals surface area contributed by atoms with Gasteiger partial charge in [-0.05, 0) is 5.59 Å². The summed E-state index contributed by atoms with van der Waals surface area (Å²) in [5.41, 5.74) is 6.50. The molecule has 6 nitrogen and oxygen atoms in total. The van der Waals surface area contributed by atoms with E-state index in [0.717, 1.165) is 0 Å². The number of carbonyl (C=O) groups excluding carboxylic acids is 1. The molecule has 0 spiro atoms. The maximum absolute atomic E-state index is 10.2. The van der Waals surface area contributed by atoms with Crippen LogP contribution in [0.3, 0.4) is 0 Å². The number of nitrogens with one attached hydrogen (secondary N) is 1. The zero-order valence-electron chi connectivity index (χ0n) is 4.96. The molecule has 0 saturated carbocycles. The Morgan fingerprint density at radius 3 is 2.78 bits per heavy atom. The van der Waals surface area contributed by atoms with Crippen molar-refractivity contribution < 1.29 is 14.5 Å². The quantitative estimate of drug-likeness (QED) is 0.355. The van der Waals surface area contributed by atoms with E-state index >= 15 is 0 Å². The Hall–Kier alpha value is -1.17. The third-order valence-corrected chi connectivity index (χ3v) is 0.493. The lowest BCUT2D eigenvalue weighted by molar-refractivity contribution is -0.648. The SMILES string of the molecule is CON[N+](=O)CC(N)=O. The van der Waals surface area contributed by atoms with Gasteiger partial charge in [0, 0.05) is 0 Å². The largest absolute Gasteiger partial charge is 0.364 e. The maximum Gasteiger partial charge on any atom is 0.304 e. The normalized spacial score (nSPS) is 8.56. The van der Waals surface area contributed by atoms with Gasteiger partial charge in [-0.3, -0.25) is 4.79 Å². The first-order chi connectivity index (χ1) is 4.16. The van der Waals surface area contributed by atoms with Crippen LogP contribution in [0.5, 0.6) is 0 Å². The van der Waals surface area contributed by atoms with Gasteiger partial charge in [-0.25, -0.2) is 4.84 Å². The molecule has 0 aliphatic heterocycles. The van der Waals surface area contributed by atoms with Crippen molar-refractivity contribution in [3.63, 3.8) is 0 Å². The zero-order valence-corrected chi connectivity index (χ0v) is 4.96. The lowest BCUT2D eigenvalue weighted by Crippen LogP contribution is -2.33. The van der Waals surface area contributed by atoms with E-state index in [1.54, 1.807) is 0 Å². The number of primary amides is 1. The number of nitrogens with two attached hydrogens (primary N) is 1. The van der Waals surface area contributed by atoms with E-state index in [1.165, 1.54) is 7.11 Å². The molecular formula is C3H8N3O3+. The summed E-state index contributed by atoms with van der Waals surface area (Å²) >= 11 is 0. The van der Waals surface area contributed by atoms with Crippen molar-refractivity contribution in [3.05, 3.63) is 4.91 Å². The van der Waals surface area contributed by atoms with Crippen LogP contribution in [0.25, 0.3) is 0 Å². The van der Waals surface area contributed by atoms with Crippen LogP contribution < -0.4 is 11.3 Å². The van der Waals surface area contributed by atoms with Gasteiger partial charge in [-0.1, -0.05) is 0 Å². The molecule has 9 heavy (non-hydrogen) atoms. The average Bonchev–Trinajstić information content (AvgIpc) is 1.63. The van der Waals surface area contributed by atoms with Gasteiger partial charge in [0.2, 0.25) is 0 Å². The molecule has 0 bridgehead atoms. The topological polar surface area (TPSA) is 84.4 Å². The molecule has 0 rings (SSSR count). The number of hydrazine groups is 1. The predicted octanol–water partition coefficient (Wildman–Crippen LogP) is -1.68. The van der Waals surface area contributed by atoms with Gasteiger partial charge < -0.3 is 5.73 Å². The fraction of sp³-hybridized carbons (Fsp3) is 0.667. The number of rotatable bonds is 4. The van der Waals surface area contributed by atoms with Crippen molar-refractivity contribution in [1.29, 1.82) is 0 Å². The monoisotopic (exact) mass is 134 g/mol. The number of nitroso groups, excluding NO2 is 1. The van der Waals surface area contributed by atoms with Crippen LogP contribution in [0, 0.1) is 4.91 Å². The fourth-order valence-corrected chi connectivity index (χ4v) is 0.276. The van der Waals surface area contributed by atoms with Gasteiger partial charge in [0.05, 0.1) is 12.0 Å². The minimum Gasteiger partial charge on any atom is -0.364 e. The molecule has 3 N–H and O–H groups in total. The van der Waals surface area contributed by atoms with E-state index in [1.807, 2.05) is 5.59 Å². The van der Waals surface area contributed by atoms with Gasteiger partial charge in [0.1, 0.15) is 0 Å². The molecule has 0 aromatic rings. The highest BCUT2D eigenvalue weighted by atomic mass is 16.7. The summed E-state index contributed by atoms with van der Waals surface area (Å²) in [7, 11) is 1.26. The smallest absolute Gasteiger partial charge is 0.304 e. The van der Waals surface area contributed by atoms with Crippen LogP contribution in [-0.2, 0) is 9.63 Å². The highest BCUT2D eigenvalue weighted by molar-refractivity contribution is 5.74. The Kier molecular flexibility index (Phi) is 3.29. The summed E-state index contributed by atoms with van der Waals surface area (Å²) < 4.78 is 0.